The third-order valence-electron chi connectivity index (χ3n) is 2.52. The highest BCUT2D eigenvalue weighted by atomic mass is 16.1. The fraction of sp³-hybridized carbons (Fsp3) is 0.727. The molecule has 0 spiro atoms. The predicted octanol–water partition coefficient (Wildman–Crippen LogP) is 1.21. The Morgan fingerprint density at radius 1 is 1.64 bits per heavy atom. The molecule has 1 amide bonds. The van der Waals surface area contributed by atoms with Crippen LogP contribution in [0.4, 0.5) is 0 Å². The summed E-state index contributed by atoms with van der Waals surface area (Å²) in [7, 11) is 1.68. The van der Waals surface area contributed by atoms with Crippen molar-refractivity contribution in [3.63, 3.8) is 0 Å². The lowest BCUT2D eigenvalue weighted by molar-refractivity contribution is -0.121. The summed E-state index contributed by atoms with van der Waals surface area (Å²) in [5.74, 6) is 0.102. The first kappa shape index (κ1) is 11.2. The fourth-order valence-corrected chi connectivity index (χ4v) is 1.76. The maximum atomic E-state index is 11.1. The molecule has 2 atom stereocenters. The summed E-state index contributed by atoms with van der Waals surface area (Å²) >= 11 is 0. The molecule has 2 N–H and O–H groups in total. The van der Waals surface area contributed by atoms with E-state index in [9.17, 15) is 4.79 Å². The summed E-state index contributed by atoms with van der Waals surface area (Å²) in [6, 6.07) is 0.714. The van der Waals surface area contributed by atoms with Gasteiger partial charge in [0.15, 0.2) is 0 Å². The summed E-state index contributed by atoms with van der Waals surface area (Å²) in [5.41, 5.74) is 0. The Kier molecular flexibility index (Phi) is 4.66. The first-order valence-corrected chi connectivity index (χ1v) is 5.35. The van der Waals surface area contributed by atoms with Gasteiger partial charge in [0.05, 0.1) is 0 Å². The molecule has 1 rings (SSSR count). The van der Waals surface area contributed by atoms with E-state index < -0.39 is 0 Å². The van der Waals surface area contributed by atoms with E-state index in [2.05, 4.69) is 29.7 Å². The van der Waals surface area contributed by atoms with Crippen LogP contribution in [-0.4, -0.2) is 25.0 Å². The van der Waals surface area contributed by atoms with Gasteiger partial charge in [0.25, 0.3) is 0 Å². The van der Waals surface area contributed by atoms with Crippen LogP contribution >= 0.6 is 0 Å². The molecule has 0 aromatic carbocycles. The van der Waals surface area contributed by atoms with Crippen LogP contribution in [0.3, 0.4) is 0 Å². The zero-order chi connectivity index (χ0) is 10.4. The molecule has 0 aliphatic heterocycles. The van der Waals surface area contributed by atoms with Gasteiger partial charge < -0.3 is 10.6 Å². The summed E-state index contributed by atoms with van der Waals surface area (Å²) in [6.45, 7) is 2.05. The largest absolute Gasteiger partial charge is 0.359 e. The van der Waals surface area contributed by atoms with E-state index in [0.717, 1.165) is 0 Å². The smallest absolute Gasteiger partial charge is 0.221 e. The number of rotatable bonds is 4. The quantitative estimate of drug-likeness (QED) is 0.664. The summed E-state index contributed by atoms with van der Waals surface area (Å²) in [4.78, 5) is 11.1. The minimum Gasteiger partial charge on any atom is -0.359 e. The summed E-state index contributed by atoms with van der Waals surface area (Å²) in [6.07, 6.45) is 8.62. The van der Waals surface area contributed by atoms with Gasteiger partial charge in [-0.3, -0.25) is 4.79 Å². The maximum absolute atomic E-state index is 11.1. The molecule has 0 aromatic heterocycles. The number of nitrogens with one attached hydrogen (secondary N) is 2. The van der Waals surface area contributed by atoms with Crippen molar-refractivity contribution in [3.05, 3.63) is 12.2 Å². The molecule has 0 bridgehead atoms. The molecule has 1 aliphatic carbocycles. The molecule has 3 heteroatoms. The van der Waals surface area contributed by atoms with Crippen molar-refractivity contribution < 1.29 is 4.79 Å². The number of allylic oxidation sites excluding steroid dienone is 1. The van der Waals surface area contributed by atoms with E-state index in [1.807, 2.05) is 0 Å². The number of amides is 1. The van der Waals surface area contributed by atoms with E-state index >= 15 is 0 Å². The van der Waals surface area contributed by atoms with Gasteiger partial charge in [-0.1, -0.05) is 12.2 Å². The highest BCUT2D eigenvalue weighted by molar-refractivity contribution is 5.76. The third-order valence-corrected chi connectivity index (χ3v) is 2.52. The predicted molar refractivity (Wildman–Crippen MR) is 58.1 cm³/mol. The van der Waals surface area contributed by atoms with Crippen molar-refractivity contribution in [2.24, 2.45) is 0 Å². The van der Waals surface area contributed by atoms with Gasteiger partial charge in [0, 0.05) is 25.6 Å². The summed E-state index contributed by atoms with van der Waals surface area (Å²) in [5, 5.41) is 6.07. The average Bonchev–Trinajstić information content (AvgIpc) is 2.19. The Morgan fingerprint density at radius 2 is 2.43 bits per heavy atom. The molecular weight excluding hydrogens is 176 g/mol. The third kappa shape index (κ3) is 3.92. The van der Waals surface area contributed by atoms with Crippen molar-refractivity contribution in [1.82, 2.24) is 10.6 Å². The minimum atomic E-state index is 0.102. The molecule has 14 heavy (non-hydrogen) atoms. The van der Waals surface area contributed by atoms with Crippen LogP contribution in [0.2, 0.25) is 0 Å². The van der Waals surface area contributed by atoms with Crippen molar-refractivity contribution >= 4 is 5.91 Å². The molecule has 2 unspecified atom stereocenters. The Labute approximate surface area is 86.0 Å². The second kappa shape index (κ2) is 5.81. The Morgan fingerprint density at radius 3 is 3.00 bits per heavy atom. The van der Waals surface area contributed by atoms with Crippen LogP contribution in [0.25, 0.3) is 0 Å². The average molecular weight is 196 g/mol. The monoisotopic (exact) mass is 196 g/mol. The second-order valence-electron chi connectivity index (χ2n) is 3.91. The van der Waals surface area contributed by atoms with Gasteiger partial charge in [-0.25, -0.2) is 0 Å². The fourth-order valence-electron chi connectivity index (χ4n) is 1.76. The van der Waals surface area contributed by atoms with Gasteiger partial charge in [0.1, 0.15) is 0 Å². The zero-order valence-corrected chi connectivity index (χ0v) is 9.05. The van der Waals surface area contributed by atoms with Crippen LogP contribution in [0, 0.1) is 0 Å². The van der Waals surface area contributed by atoms with Crippen LogP contribution in [0.15, 0.2) is 12.2 Å². The van der Waals surface area contributed by atoms with Crippen LogP contribution in [-0.2, 0) is 4.79 Å². The standard InChI is InChI=1S/C11H20N2O/c1-9(8-11(14)12-2)13-10-6-4-3-5-7-10/h4,6,9-10,13H,3,5,7-8H2,1-2H3,(H,12,14). The Balaban J connectivity index is 2.25. The second-order valence-corrected chi connectivity index (χ2v) is 3.91. The lowest BCUT2D eigenvalue weighted by Crippen LogP contribution is -2.39. The highest BCUT2D eigenvalue weighted by Gasteiger charge is 2.13. The number of hydrogen-bond acceptors (Lipinski definition) is 2. The van der Waals surface area contributed by atoms with Gasteiger partial charge in [0.2, 0.25) is 5.91 Å². The molecular formula is C11H20N2O. The molecule has 0 saturated heterocycles. The van der Waals surface area contributed by atoms with Crippen molar-refractivity contribution in [2.75, 3.05) is 7.05 Å². The molecule has 0 saturated carbocycles. The zero-order valence-electron chi connectivity index (χ0n) is 9.05. The molecule has 0 radical (unpaired) electrons. The lowest BCUT2D eigenvalue weighted by atomic mass is 10.0. The van der Waals surface area contributed by atoms with Gasteiger partial charge in [-0.2, -0.15) is 0 Å². The molecule has 3 nitrogen and oxygen atoms in total. The molecule has 1 aliphatic rings. The SMILES string of the molecule is CNC(=O)CC(C)NC1C=CCCC1. The normalized spacial score (nSPS) is 23.1. The van der Waals surface area contributed by atoms with Crippen LogP contribution in [0.5, 0.6) is 0 Å². The number of hydrogen-bond donors (Lipinski definition) is 2. The lowest BCUT2D eigenvalue weighted by Gasteiger charge is -2.22. The number of carbonyl (C=O) groups excluding carboxylic acids is 1. The molecule has 0 heterocycles. The van der Waals surface area contributed by atoms with Crippen molar-refractivity contribution in [1.29, 1.82) is 0 Å². The maximum Gasteiger partial charge on any atom is 0.221 e. The highest BCUT2D eigenvalue weighted by Crippen LogP contribution is 2.11. The first-order valence-electron chi connectivity index (χ1n) is 5.35. The van der Waals surface area contributed by atoms with Crippen molar-refractivity contribution in [3.8, 4) is 0 Å². The van der Waals surface area contributed by atoms with Gasteiger partial charge >= 0.3 is 0 Å². The summed E-state index contributed by atoms with van der Waals surface area (Å²) < 4.78 is 0. The van der Waals surface area contributed by atoms with Crippen LogP contribution < -0.4 is 10.6 Å². The Hall–Kier alpha value is -0.830. The molecule has 0 fully saturated rings. The Bertz CT molecular complexity index is 213. The van der Waals surface area contributed by atoms with Crippen LogP contribution in [0.1, 0.15) is 32.6 Å². The van der Waals surface area contributed by atoms with Gasteiger partial charge in [-0.05, 0) is 26.2 Å². The van der Waals surface area contributed by atoms with E-state index in [4.69, 9.17) is 0 Å². The van der Waals surface area contributed by atoms with E-state index in [1.165, 1.54) is 19.3 Å². The van der Waals surface area contributed by atoms with E-state index in [0.29, 0.717) is 12.5 Å². The topological polar surface area (TPSA) is 41.1 Å². The minimum absolute atomic E-state index is 0.102. The van der Waals surface area contributed by atoms with Gasteiger partial charge in [-0.15, -0.1) is 0 Å². The van der Waals surface area contributed by atoms with Crippen molar-refractivity contribution in [2.45, 2.75) is 44.7 Å². The van der Waals surface area contributed by atoms with E-state index in [-0.39, 0.29) is 11.9 Å². The number of carbonyl (C=O) groups is 1. The van der Waals surface area contributed by atoms with E-state index in [1.54, 1.807) is 7.05 Å². The molecule has 80 valence electrons. The molecule has 0 aromatic rings. The first-order chi connectivity index (χ1) is 6.72.